The summed E-state index contributed by atoms with van der Waals surface area (Å²) in [5, 5.41) is 3.09. The van der Waals surface area contributed by atoms with Gasteiger partial charge in [0.1, 0.15) is 34.6 Å². The molecule has 36 heavy (non-hydrogen) atoms. The molecule has 0 aliphatic carbocycles. The third-order valence-corrected chi connectivity index (χ3v) is 5.89. The Morgan fingerprint density at radius 1 is 1.08 bits per heavy atom. The molecule has 0 atom stereocenters. The fraction of sp³-hybridized carbons (Fsp3) is 0.346. The second-order valence-corrected chi connectivity index (χ2v) is 10.1. The molecule has 0 spiro atoms. The topological polar surface area (TPSA) is 82.6 Å². The van der Waals surface area contributed by atoms with Gasteiger partial charge in [0.05, 0.1) is 25.2 Å². The van der Waals surface area contributed by atoms with Crippen LogP contribution in [0.1, 0.15) is 32.8 Å². The van der Waals surface area contributed by atoms with Gasteiger partial charge in [-0.2, -0.15) is 4.98 Å². The highest BCUT2D eigenvalue weighted by atomic mass is 32.2. The van der Waals surface area contributed by atoms with Gasteiger partial charge in [-0.15, -0.1) is 11.8 Å². The van der Waals surface area contributed by atoms with E-state index in [1.165, 1.54) is 36.0 Å². The van der Waals surface area contributed by atoms with Crippen LogP contribution in [0.15, 0.2) is 42.6 Å². The number of nitrogens with zero attached hydrogens (tertiary/aromatic N) is 2. The minimum atomic E-state index is -0.562. The van der Waals surface area contributed by atoms with E-state index in [1.807, 2.05) is 26.8 Å². The third-order valence-electron chi connectivity index (χ3n) is 4.91. The molecule has 0 unspecified atom stereocenters. The van der Waals surface area contributed by atoms with Crippen molar-refractivity contribution in [2.24, 2.45) is 0 Å². The molecule has 1 N–H and O–H groups in total. The van der Waals surface area contributed by atoms with E-state index in [0.717, 1.165) is 11.8 Å². The molecule has 3 aromatic rings. The van der Waals surface area contributed by atoms with Crippen molar-refractivity contribution in [2.75, 3.05) is 24.3 Å². The number of benzene rings is 1. The van der Waals surface area contributed by atoms with Crippen LogP contribution in [0.4, 0.5) is 20.4 Å². The number of hydrogen-bond acceptors (Lipinski definition) is 8. The number of rotatable bonds is 4. The Kier molecular flexibility index (Phi) is 7.93. The lowest BCUT2D eigenvalue weighted by atomic mass is 10.0. The van der Waals surface area contributed by atoms with Crippen LogP contribution in [-0.4, -0.2) is 40.5 Å². The molecule has 0 amide bonds. The van der Waals surface area contributed by atoms with E-state index in [1.54, 1.807) is 6.07 Å². The molecule has 0 saturated heterocycles. The second-order valence-electron chi connectivity index (χ2n) is 9.14. The molecule has 1 aliphatic rings. The maximum Gasteiger partial charge on any atom is 0.316 e. The minimum absolute atomic E-state index is 0.207. The van der Waals surface area contributed by atoms with Crippen molar-refractivity contribution in [3.05, 3.63) is 59.8 Å². The minimum Gasteiger partial charge on any atom is -0.493 e. The number of hydrogen-bond donors (Lipinski definition) is 1. The van der Waals surface area contributed by atoms with E-state index in [4.69, 9.17) is 14.2 Å². The molecule has 4 bridgehead atoms. The zero-order valence-corrected chi connectivity index (χ0v) is 21.1. The first-order valence-corrected chi connectivity index (χ1v) is 12.6. The van der Waals surface area contributed by atoms with Gasteiger partial charge in [-0.1, -0.05) is 0 Å². The monoisotopic (exact) mass is 515 g/mol. The summed E-state index contributed by atoms with van der Waals surface area (Å²) in [6.07, 6.45) is 1.59. The highest BCUT2D eigenvalue weighted by Gasteiger charge is 2.17. The molecule has 7 nitrogen and oxygen atoms in total. The molecule has 10 heteroatoms. The van der Waals surface area contributed by atoms with Crippen LogP contribution in [0.5, 0.6) is 11.6 Å². The molecule has 0 radical (unpaired) electrons. The maximum atomic E-state index is 14.7. The van der Waals surface area contributed by atoms with Gasteiger partial charge >= 0.3 is 5.97 Å². The Morgan fingerprint density at radius 2 is 1.89 bits per heavy atom. The van der Waals surface area contributed by atoms with E-state index in [-0.39, 0.29) is 29.6 Å². The summed E-state index contributed by atoms with van der Waals surface area (Å²) in [5.41, 5.74) is 0.981. The molecule has 0 fully saturated rings. The Balaban J connectivity index is 1.59. The summed E-state index contributed by atoms with van der Waals surface area (Å²) in [6.45, 7) is 6.04. The lowest BCUT2D eigenvalue weighted by molar-refractivity contribution is -0.151. The van der Waals surface area contributed by atoms with Crippen LogP contribution < -0.4 is 14.8 Å². The van der Waals surface area contributed by atoms with Crippen molar-refractivity contribution in [3.63, 3.8) is 0 Å². The smallest absolute Gasteiger partial charge is 0.316 e. The van der Waals surface area contributed by atoms with Gasteiger partial charge in [-0.3, -0.25) is 4.79 Å². The first-order valence-electron chi connectivity index (χ1n) is 11.4. The van der Waals surface area contributed by atoms with Gasteiger partial charge in [-0.05, 0) is 50.6 Å². The highest BCUT2D eigenvalue weighted by molar-refractivity contribution is 7.99. The SMILES string of the molecule is CC(C)(C)OC(=O)CSCc1cc2nc(c1)OCCCOc1cc(F)ccc1-c1cc(ncc1F)N2. The average Bonchev–Trinajstić information content (AvgIpc) is 2.79. The molecular formula is C26H27F2N3O4S. The Hall–Kier alpha value is -3.40. The number of carbonyl (C=O) groups is 1. The van der Waals surface area contributed by atoms with E-state index in [2.05, 4.69) is 15.3 Å². The summed E-state index contributed by atoms with van der Waals surface area (Å²) in [7, 11) is 0. The van der Waals surface area contributed by atoms with Gasteiger partial charge in [0.25, 0.3) is 0 Å². The summed E-state index contributed by atoms with van der Waals surface area (Å²) >= 11 is 1.42. The zero-order chi connectivity index (χ0) is 25.7. The quantitative estimate of drug-likeness (QED) is 0.430. The standard InChI is InChI=1S/C26H27F2N3O4S/c1-26(2,3)35-25(32)15-36-14-16-9-23-30-22-12-19(20(28)13-29-22)18-6-5-17(27)11-21(18)33-7-4-8-34-24(10-16)31-23/h5-6,9-13H,4,7-8,14-15H2,1-3H3,(H,29,30,31). The van der Waals surface area contributed by atoms with Crippen molar-refractivity contribution >= 4 is 29.4 Å². The number of carbonyl (C=O) groups excluding carboxylic acids is 1. The number of pyridine rings is 2. The second kappa shape index (κ2) is 11.1. The molecule has 190 valence electrons. The highest BCUT2D eigenvalue weighted by Crippen LogP contribution is 2.34. The molecular weight excluding hydrogens is 488 g/mol. The number of fused-ring (bicyclic) bond motifs is 6. The lowest BCUT2D eigenvalue weighted by Gasteiger charge is -2.19. The number of ether oxygens (including phenoxy) is 3. The number of halogens is 2. The Bertz CT molecular complexity index is 1250. The number of esters is 1. The normalized spacial score (nSPS) is 13.4. The molecule has 3 heterocycles. The van der Waals surface area contributed by atoms with E-state index >= 15 is 0 Å². The predicted octanol–water partition coefficient (Wildman–Crippen LogP) is 5.90. The van der Waals surface area contributed by atoms with E-state index < -0.39 is 17.2 Å². The third kappa shape index (κ3) is 7.07. The Labute approximate surface area is 212 Å². The van der Waals surface area contributed by atoms with Crippen LogP contribution in [-0.2, 0) is 15.3 Å². The summed E-state index contributed by atoms with van der Waals surface area (Å²) < 4.78 is 45.5. The van der Waals surface area contributed by atoms with E-state index in [0.29, 0.717) is 41.9 Å². The van der Waals surface area contributed by atoms with Crippen LogP contribution >= 0.6 is 11.8 Å². The fourth-order valence-corrected chi connectivity index (χ4v) is 4.23. The van der Waals surface area contributed by atoms with E-state index in [9.17, 15) is 13.6 Å². The Morgan fingerprint density at radius 3 is 2.69 bits per heavy atom. The van der Waals surface area contributed by atoms with Crippen LogP contribution in [0.3, 0.4) is 0 Å². The summed E-state index contributed by atoms with van der Waals surface area (Å²) in [4.78, 5) is 20.6. The molecule has 1 aliphatic heterocycles. The first kappa shape index (κ1) is 25.7. The lowest BCUT2D eigenvalue weighted by Crippen LogP contribution is -2.24. The van der Waals surface area contributed by atoms with Gasteiger partial charge in [0, 0.05) is 35.4 Å². The molecule has 2 aromatic heterocycles. The number of anilines is 2. The van der Waals surface area contributed by atoms with Crippen molar-refractivity contribution in [2.45, 2.75) is 38.5 Å². The van der Waals surface area contributed by atoms with Gasteiger partial charge in [0.2, 0.25) is 5.88 Å². The first-order chi connectivity index (χ1) is 17.2. The number of thioether (sulfide) groups is 1. The van der Waals surface area contributed by atoms with Gasteiger partial charge < -0.3 is 19.5 Å². The summed E-state index contributed by atoms with van der Waals surface area (Å²) in [6, 6.07) is 9.11. The maximum absolute atomic E-state index is 14.7. The molecule has 4 rings (SSSR count). The van der Waals surface area contributed by atoms with Gasteiger partial charge in [-0.25, -0.2) is 13.8 Å². The van der Waals surface area contributed by atoms with Crippen molar-refractivity contribution < 1.29 is 27.8 Å². The van der Waals surface area contributed by atoms with Gasteiger partial charge in [0.15, 0.2) is 0 Å². The predicted molar refractivity (Wildman–Crippen MR) is 135 cm³/mol. The fourth-order valence-electron chi connectivity index (χ4n) is 3.50. The molecule has 1 aromatic carbocycles. The largest absolute Gasteiger partial charge is 0.493 e. The van der Waals surface area contributed by atoms with Crippen molar-refractivity contribution in [3.8, 4) is 22.8 Å². The number of nitrogens with one attached hydrogen (secondary N) is 1. The summed E-state index contributed by atoms with van der Waals surface area (Å²) in [5.74, 6) is 0.838. The van der Waals surface area contributed by atoms with Crippen LogP contribution in [0.25, 0.3) is 11.1 Å². The van der Waals surface area contributed by atoms with Crippen molar-refractivity contribution in [1.82, 2.24) is 9.97 Å². The molecule has 0 saturated carbocycles. The van der Waals surface area contributed by atoms with Crippen molar-refractivity contribution in [1.29, 1.82) is 0 Å². The zero-order valence-electron chi connectivity index (χ0n) is 20.3. The average molecular weight is 516 g/mol. The number of aromatic nitrogens is 2. The van der Waals surface area contributed by atoms with Crippen LogP contribution in [0.2, 0.25) is 0 Å². The van der Waals surface area contributed by atoms with Crippen LogP contribution in [0, 0.1) is 11.6 Å².